The Balaban J connectivity index is 1.43. The van der Waals surface area contributed by atoms with Gasteiger partial charge in [-0.05, 0) is 51.6 Å². The van der Waals surface area contributed by atoms with Gasteiger partial charge in [-0.1, -0.05) is 0 Å². The Labute approximate surface area is 109 Å². The fraction of sp³-hybridized carbons (Fsp3) is 0.929. The lowest BCUT2D eigenvalue weighted by atomic mass is 10.0. The molecule has 18 heavy (non-hydrogen) atoms. The number of amides is 1. The number of rotatable bonds is 5. The van der Waals surface area contributed by atoms with Crippen LogP contribution in [0.5, 0.6) is 0 Å². The smallest absolute Gasteiger partial charge is 0.221 e. The van der Waals surface area contributed by atoms with Gasteiger partial charge in [0.05, 0.1) is 0 Å². The second-order valence-corrected chi connectivity index (χ2v) is 6.04. The second kappa shape index (κ2) is 5.57. The van der Waals surface area contributed by atoms with Crippen LogP contribution in [0, 0.1) is 0 Å². The average Bonchev–Trinajstić information content (AvgIpc) is 2.86. The Morgan fingerprint density at radius 1 is 1.22 bits per heavy atom. The van der Waals surface area contributed by atoms with Crippen molar-refractivity contribution in [1.29, 1.82) is 0 Å². The standard InChI is InChI=1S/C14H25N3O/c18-14(16-11-5-6-11)7-10-17-9-2-4-13(17)12-3-1-8-15-12/h11-13,15H,1-10H2,(H,16,18). The zero-order valence-corrected chi connectivity index (χ0v) is 11.2. The molecule has 1 saturated carbocycles. The SMILES string of the molecule is O=C(CCN1CCCC1C1CCCN1)NC1CC1. The maximum absolute atomic E-state index is 11.7. The second-order valence-electron chi connectivity index (χ2n) is 6.04. The Bertz CT molecular complexity index is 297. The predicted molar refractivity (Wildman–Crippen MR) is 71.4 cm³/mol. The highest BCUT2D eigenvalue weighted by molar-refractivity contribution is 5.76. The number of nitrogens with zero attached hydrogens (tertiary/aromatic N) is 1. The molecule has 2 heterocycles. The van der Waals surface area contributed by atoms with E-state index in [9.17, 15) is 4.79 Å². The third-order valence-corrected chi connectivity index (χ3v) is 4.55. The van der Waals surface area contributed by atoms with Crippen molar-refractivity contribution in [3.63, 3.8) is 0 Å². The first kappa shape index (κ1) is 12.4. The van der Waals surface area contributed by atoms with E-state index in [1.54, 1.807) is 0 Å². The molecule has 0 aromatic heterocycles. The van der Waals surface area contributed by atoms with Crippen LogP contribution in [0.4, 0.5) is 0 Å². The van der Waals surface area contributed by atoms with Gasteiger partial charge in [-0.3, -0.25) is 9.69 Å². The van der Waals surface area contributed by atoms with E-state index in [1.807, 2.05) is 0 Å². The summed E-state index contributed by atoms with van der Waals surface area (Å²) >= 11 is 0. The van der Waals surface area contributed by atoms with Crippen LogP contribution in [0.1, 0.15) is 44.9 Å². The first-order valence-corrected chi connectivity index (χ1v) is 7.60. The van der Waals surface area contributed by atoms with E-state index in [4.69, 9.17) is 0 Å². The predicted octanol–water partition coefficient (Wildman–Crippen LogP) is 0.872. The van der Waals surface area contributed by atoms with Gasteiger partial charge in [0.15, 0.2) is 0 Å². The van der Waals surface area contributed by atoms with E-state index in [1.165, 1.54) is 51.6 Å². The monoisotopic (exact) mass is 251 g/mol. The molecule has 0 aromatic carbocycles. The largest absolute Gasteiger partial charge is 0.353 e. The van der Waals surface area contributed by atoms with E-state index >= 15 is 0 Å². The van der Waals surface area contributed by atoms with Gasteiger partial charge >= 0.3 is 0 Å². The van der Waals surface area contributed by atoms with Gasteiger partial charge in [-0.15, -0.1) is 0 Å². The van der Waals surface area contributed by atoms with Crippen molar-refractivity contribution in [2.75, 3.05) is 19.6 Å². The molecule has 2 saturated heterocycles. The van der Waals surface area contributed by atoms with Gasteiger partial charge in [0.1, 0.15) is 0 Å². The zero-order valence-electron chi connectivity index (χ0n) is 11.2. The molecule has 3 fully saturated rings. The van der Waals surface area contributed by atoms with E-state index in [0.717, 1.165) is 6.54 Å². The highest BCUT2D eigenvalue weighted by Crippen LogP contribution is 2.25. The van der Waals surface area contributed by atoms with Crippen molar-refractivity contribution in [2.24, 2.45) is 0 Å². The summed E-state index contributed by atoms with van der Waals surface area (Å²) in [5, 5.41) is 6.70. The third kappa shape index (κ3) is 3.04. The van der Waals surface area contributed by atoms with Crippen LogP contribution in [0.2, 0.25) is 0 Å². The van der Waals surface area contributed by atoms with Crippen LogP contribution in [0.15, 0.2) is 0 Å². The lowest BCUT2D eigenvalue weighted by Crippen LogP contribution is -2.45. The van der Waals surface area contributed by atoms with Crippen LogP contribution in [-0.4, -0.2) is 48.6 Å². The van der Waals surface area contributed by atoms with Crippen LogP contribution in [-0.2, 0) is 4.79 Å². The number of hydrogen-bond donors (Lipinski definition) is 2. The molecule has 2 atom stereocenters. The summed E-state index contributed by atoms with van der Waals surface area (Å²) in [6.07, 6.45) is 8.29. The van der Waals surface area contributed by atoms with Crippen LogP contribution >= 0.6 is 0 Å². The molecule has 3 aliphatic rings. The number of carbonyl (C=O) groups is 1. The van der Waals surface area contributed by atoms with Crippen LogP contribution < -0.4 is 10.6 Å². The van der Waals surface area contributed by atoms with Gasteiger partial charge in [-0.2, -0.15) is 0 Å². The first-order valence-electron chi connectivity index (χ1n) is 7.60. The number of hydrogen-bond acceptors (Lipinski definition) is 3. The molecule has 2 aliphatic heterocycles. The van der Waals surface area contributed by atoms with Crippen LogP contribution in [0.3, 0.4) is 0 Å². The molecule has 0 spiro atoms. The maximum Gasteiger partial charge on any atom is 0.221 e. The maximum atomic E-state index is 11.7. The van der Waals surface area contributed by atoms with Gasteiger partial charge in [0.25, 0.3) is 0 Å². The van der Waals surface area contributed by atoms with E-state index in [2.05, 4.69) is 15.5 Å². The highest BCUT2D eigenvalue weighted by atomic mass is 16.1. The molecule has 3 rings (SSSR count). The molecule has 102 valence electrons. The summed E-state index contributed by atoms with van der Waals surface area (Å²) in [5.41, 5.74) is 0. The lowest BCUT2D eigenvalue weighted by molar-refractivity contribution is -0.121. The lowest BCUT2D eigenvalue weighted by Gasteiger charge is -2.29. The van der Waals surface area contributed by atoms with Crippen molar-refractivity contribution in [3.8, 4) is 0 Å². The highest BCUT2D eigenvalue weighted by Gasteiger charge is 2.33. The Hall–Kier alpha value is -0.610. The topological polar surface area (TPSA) is 44.4 Å². The molecular formula is C14H25N3O. The van der Waals surface area contributed by atoms with Gasteiger partial charge < -0.3 is 10.6 Å². The van der Waals surface area contributed by atoms with Crippen molar-refractivity contribution in [2.45, 2.75) is 63.1 Å². The van der Waals surface area contributed by atoms with E-state index < -0.39 is 0 Å². The quantitative estimate of drug-likeness (QED) is 0.762. The Kier molecular flexibility index (Phi) is 3.85. The minimum Gasteiger partial charge on any atom is -0.353 e. The summed E-state index contributed by atoms with van der Waals surface area (Å²) in [7, 11) is 0. The summed E-state index contributed by atoms with van der Waals surface area (Å²) in [5.74, 6) is 0.252. The summed E-state index contributed by atoms with van der Waals surface area (Å²) < 4.78 is 0. The fourth-order valence-electron chi connectivity index (χ4n) is 3.40. The molecule has 4 nitrogen and oxygen atoms in total. The molecule has 0 radical (unpaired) electrons. The third-order valence-electron chi connectivity index (χ3n) is 4.55. The van der Waals surface area contributed by atoms with Crippen molar-refractivity contribution in [1.82, 2.24) is 15.5 Å². The van der Waals surface area contributed by atoms with Crippen molar-refractivity contribution < 1.29 is 4.79 Å². The molecule has 0 aromatic rings. The molecule has 1 aliphatic carbocycles. The van der Waals surface area contributed by atoms with Crippen molar-refractivity contribution in [3.05, 3.63) is 0 Å². The molecule has 1 amide bonds. The summed E-state index contributed by atoms with van der Waals surface area (Å²) in [6, 6.07) is 1.86. The molecule has 0 bridgehead atoms. The number of likely N-dealkylation sites (tertiary alicyclic amines) is 1. The van der Waals surface area contributed by atoms with Gasteiger partial charge in [0, 0.05) is 31.1 Å². The Morgan fingerprint density at radius 2 is 2.11 bits per heavy atom. The fourth-order valence-corrected chi connectivity index (χ4v) is 3.40. The average molecular weight is 251 g/mol. The zero-order chi connectivity index (χ0) is 12.4. The van der Waals surface area contributed by atoms with E-state index in [0.29, 0.717) is 24.5 Å². The molecular weight excluding hydrogens is 226 g/mol. The molecule has 2 unspecified atom stereocenters. The van der Waals surface area contributed by atoms with Gasteiger partial charge in [0.2, 0.25) is 5.91 Å². The summed E-state index contributed by atoms with van der Waals surface area (Å²) in [6.45, 7) is 3.30. The van der Waals surface area contributed by atoms with Crippen LogP contribution in [0.25, 0.3) is 0 Å². The minimum absolute atomic E-state index is 0.252. The molecule has 4 heteroatoms. The molecule has 2 N–H and O–H groups in total. The summed E-state index contributed by atoms with van der Waals surface area (Å²) in [4.78, 5) is 14.3. The number of carbonyl (C=O) groups excluding carboxylic acids is 1. The van der Waals surface area contributed by atoms with E-state index in [-0.39, 0.29) is 5.91 Å². The number of nitrogens with one attached hydrogen (secondary N) is 2. The minimum atomic E-state index is 0.252. The normalized spacial score (nSPS) is 32.9. The van der Waals surface area contributed by atoms with Crippen molar-refractivity contribution >= 4 is 5.91 Å². The Morgan fingerprint density at radius 3 is 2.83 bits per heavy atom. The first-order chi connectivity index (χ1) is 8.83. The van der Waals surface area contributed by atoms with Gasteiger partial charge in [-0.25, -0.2) is 0 Å².